The van der Waals surface area contributed by atoms with Crippen LogP contribution >= 0.6 is 0 Å². The Morgan fingerprint density at radius 3 is 2.12 bits per heavy atom. The van der Waals surface area contributed by atoms with Crippen LogP contribution in [0.3, 0.4) is 0 Å². The molecular weight excluding hydrogens is 426 g/mol. The van der Waals surface area contributed by atoms with Crippen LogP contribution in [0.4, 0.5) is 0 Å². The van der Waals surface area contributed by atoms with E-state index in [4.69, 9.17) is 9.47 Å². The second-order valence-corrected chi connectivity index (χ2v) is 7.92. The zero-order chi connectivity index (χ0) is 23.8. The number of carbonyl (C=O) groups is 1. The van der Waals surface area contributed by atoms with Gasteiger partial charge >= 0.3 is 6.01 Å². The van der Waals surface area contributed by atoms with Crippen LogP contribution < -0.4 is 14.8 Å². The summed E-state index contributed by atoms with van der Waals surface area (Å²) >= 11 is 0. The van der Waals surface area contributed by atoms with E-state index < -0.39 is 0 Å². The van der Waals surface area contributed by atoms with E-state index in [0.717, 1.165) is 28.9 Å². The van der Waals surface area contributed by atoms with Gasteiger partial charge in [-0.1, -0.05) is 48.9 Å². The van der Waals surface area contributed by atoms with Gasteiger partial charge in [-0.05, 0) is 60.9 Å². The molecule has 6 nitrogen and oxygen atoms in total. The predicted octanol–water partition coefficient (Wildman–Crippen LogP) is 5.96. The molecule has 0 atom stereocenters. The smallest absolute Gasteiger partial charge is 0.321 e. The summed E-state index contributed by atoms with van der Waals surface area (Å²) in [5, 5.41) is 2.93. The number of aryl methyl sites for hydroxylation is 1. The molecule has 0 bridgehead atoms. The third-order valence-corrected chi connectivity index (χ3v) is 5.19. The van der Waals surface area contributed by atoms with Gasteiger partial charge in [0.05, 0.1) is 6.61 Å². The molecule has 1 N–H and O–H groups in total. The lowest BCUT2D eigenvalue weighted by Crippen LogP contribution is -2.22. The minimum atomic E-state index is -0.156. The first kappa shape index (κ1) is 23.0. The van der Waals surface area contributed by atoms with Crippen LogP contribution in [0.15, 0.2) is 85.2 Å². The van der Waals surface area contributed by atoms with Crippen molar-refractivity contribution in [1.29, 1.82) is 0 Å². The standard InChI is InChI=1S/C28H27N3O3/c1-3-16-33-25-12-6-21(7-13-25)17-29-27(32)23-10-14-26(15-11-23)34-28-30-18-24(19-31-28)22-8-4-20(2)5-9-22/h4-15,18-19H,3,16-17H2,1-2H3,(H,29,32). The van der Waals surface area contributed by atoms with Crippen LogP contribution in [0, 0.1) is 6.92 Å². The van der Waals surface area contributed by atoms with E-state index in [2.05, 4.69) is 41.3 Å². The van der Waals surface area contributed by atoms with Crippen LogP contribution in [0.25, 0.3) is 11.1 Å². The van der Waals surface area contributed by atoms with Crippen LogP contribution in [-0.4, -0.2) is 22.5 Å². The van der Waals surface area contributed by atoms with Gasteiger partial charge in [-0.2, -0.15) is 0 Å². The highest BCUT2D eigenvalue weighted by Gasteiger charge is 2.08. The third kappa shape index (κ3) is 6.19. The Morgan fingerprint density at radius 2 is 1.47 bits per heavy atom. The molecule has 0 aliphatic carbocycles. The fourth-order valence-corrected chi connectivity index (χ4v) is 3.25. The first-order chi connectivity index (χ1) is 16.6. The van der Waals surface area contributed by atoms with E-state index in [-0.39, 0.29) is 11.9 Å². The lowest BCUT2D eigenvalue weighted by atomic mass is 10.1. The van der Waals surface area contributed by atoms with Crippen LogP contribution in [0.5, 0.6) is 17.5 Å². The number of carbonyl (C=O) groups excluding carboxylic acids is 1. The van der Waals surface area contributed by atoms with E-state index >= 15 is 0 Å². The summed E-state index contributed by atoms with van der Waals surface area (Å²) in [4.78, 5) is 21.1. The van der Waals surface area contributed by atoms with Crippen molar-refractivity contribution in [2.75, 3.05) is 6.61 Å². The number of benzene rings is 3. The average molecular weight is 454 g/mol. The summed E-state index contributed by atoms with van der Waals surface area (Å²) in [6, 6.07) is 23.0. The number of hydrogen-bond acceptors (Lipinski definition) is 5. The van der Waals surface area contributed by atoms with Crippen LogP contribution in [0.1, 0.15) is 34.8 Å². The van der Waals surface area contributed by atoms with Gasteiger partial charge in [-0.3, -0.25) is 4.79 Å². The molecule has 0 aliphatic rings. The highest BCUT2D eigenvalue weighted by atomic mass is 16.5. The van der Waals surface area contributed by atoms with E-state index in [0.29, 0.717) is 24.5 Å². The number of aromatic nitrogens is 2. The summed E-state index contributed by atoms with van der Waals surface area (Å²) in [5.74, 6) is 1.24. The Labute approximate surface area is 199 Å². The second-order valence-electron chi connectivity index (χ2n) is 7.92. The molecule has 4 aromatic rings. The normalized spacial score (nSPS) is 10.5. The van der Waals surface area contributed by atoms with Crippen LogP contribution in [0.2, 0.25) is 0 Å². The molecule has 0 unspecified atom stereocenters. The van der Waals surface area contributed by atoms with E-state index in [9.17, 15) is 4.79 Å². The summed E-state index contributed by atoms with van der Waals surface area (Å²) < 4.78 is 11.3. The van der Waals surface area contributed by atoms with Crippen molar-refractivity contribution in [2.45, 2.75) is 26.8 Å². The molecule has 4 rings (SSSR count). The van der Waals surface area contributed by atoms with Crippen molar-refractivity contribution in [3.8, 4) is 28.6 Å². The molecule has 0 saturated carbocycles. The molecular formula is C28H27N3O3. The molecule has 0 fully saturated rings. The molecule has 0 spiro atoms. The Hall–Kier alpha value is -4.19. The topological polar surface area (TPSA) is 73.3 Å². The Kier molecular flexibility index (Phi) is 7.50. The van der Waals surface area contributed by atoms with Gasteiger partial charge in [0.2, 0.25) is 0 Å². The molecule has 34 heavy (non-hydrogen) atoms. The largest absolute Gasteiger partial charge is 0.494 e. The third-order valence-electron chi connectivity index (χ3n) is 5.19. The Morgan fingerprint density at radius 1 is 0.824 bits per heavy atom. The maximum atomic E-state index is 12.5. The Balaban J connectivity index is 1.30. The highest BCUT2D eigenvalue weighted by Crippen LogP contribution is 2.22. The molecule has 0 radical (unpaired) electrons. The first-order valence-corrected chi connectivity index (χ1v) is 11.3. The van der Waals surface area contributed by atoms with Gasteiger partial charge in [0, 0.05) is 30.1 Å². The fraction of sp³-hybridized carbons (Fsp3) is 0.179. The molecule has 1 aromatic heterocycles. The van der Waals surface area contributed by atoms with Gasteiger partial charge in [0.1, 0.15) is 11.5 Å². The van der Waals surface area contributed by atoms with Crippen molar-refractivity contribution in [2.24, 2.45) is 0 Å². The maximum Gasteiger partial charge on any atom is 0.321 e. The first-order valence-electron chi connectivity index (χ1n) is 11.3. The minimum Gasteiger partial charge on any atom is -0.494 e. The zero-order valence-corrected chi connectivity index (χ0v) is 19.3. The molecule has 6 heteroatoms. The quantitative estimate of drug-likeness (QED) is 0.338. The van der Waals surface area contributed by atoms with Crippen molar-refractivity contribution in [1.82, 2.24) is 15.3 Å². The van der Waals surface area contributed by atoms with Gasteiger partial charge in [0.15, 0.2) is 0 Å². The van der Waals surface area contributed by atoms with Crippen molar-refractivity contribution >= 4 is 5.91 Å². The summed E-state index contributed by atoms with van der Waals surface area (Å²) in [6.07, 6.45) is 4.43. The Bertz CT molecular complexity index is 1200. The average Bonchev–Trinajstić information content (AvgIpc) is 2.88. The summed E-state index contributed by atoms with van der Waals surface area (Å²) in [6.45, 7) is 5.25. The molecule has 0 aliphatic heterocycles. The molecule has 1 heterocycles. The number of nitrogens with zero attached hydrogens (tertiary/aromatic N) is 2. The monoisotopic (exact) mass is 453 g/mol. The number of ether oxygens (including phenoxy) is 2. The SMILES string of the molecule is CCCOc1ccc(CNC(=O)c2ccc(Oc3ncc(-c4ccc(C)cc4)cn3)cc2)cc1. The van der Waals surface area contributed by atoms with Gasteiger partial charge in [-0.15, -0.1) is 0 Å². The zero-order valence-electron chi connectivity index (χ0n) is 19.3. The lowest BCUT2D eigenvalue weighted by Gasteiger charge is -2.09. The van der Waals surface area contributed by atoms with Crippen molar-refractivity contribution in [3.63, 3.8) is 0 Å². The molecule has 3 aromatic carbocycles. The highest BCUT2D eigenvalue weighted by molar-refractivity contribution is 5.94. The van der Waals surface area contributed by atoms with E-state index in [1.54, 1.807) is 36.7 Å². The van der Waals surface area contributed by atoms with Crippen molar-refractivity contribution < 1.29 is 14.3 Å². The predicted molar refractivity (Wildman–Crippen MR) is 132 cm³/mol. The van der Waals surface area contributed by atoms with Gasteiger partial charge in [-0.25, -0.2) is 9.97 Å². The van der Waals surface area contributed by atoms with E-state index in [1.807, 2.05) is 36.4 Å². The maximum absolute atomic E-state index is 12.5. The molecule has 1 amide bonds. The number of amides is 1. The molecule has 172 valence electrons. The van der Waals surface area contributed by atoms with Crippen molar-refractivity contribution in [3.05, 3.63) is 102 Å². The van der Waals surface area contributed by atoms with Gasteiger partial charge < -0.3 is 14.8 Å². The van der Waals surface area contributed by atoms with E-state index in [1.165, 1.54) is 5.56 Å². The number of rotatable bonds is 9. The summed E-state index contributed by atoms with van der Waals surface area (Å²) in [5.41, 5.74) is 4.72. The fourth-order valence-electron chi connectivity index (χ4n) is 3.25. The molecule has 0 saturated heterocycles. The number of hydrogen-bond donors (Lipinski definition) is 1. The second kappa shape index (κ2) is 11.1. The number of nitrogens with one attached hydrogen (secondary N) is 1. The van der Waals surface area contributed by atoms with Gasteiger partial charge in [0.25, 0.3) is 5.91 Å². The minimum absolute atomic E-state index is 0.156. The lowest BCUT2D eigenvalue weighted by molar-refractivity contribution is 0.0951. The van der Waals surface area contributed by atoms with Crippen LogP contribution in [-0.2, 0) is 6.54 Å². The summed E-state index contributed by atoms with van der Waals surface area (Å²) in [7, 11) is 0.